The highest BCUT2D eigenvalue weighted by atomic mass is 19.3. The van der Waals surface area contributed by atoms with Crippen molar-refractivity contribution in [2.45, 2.75) is 38.2 Å². The number of nitrogens with zero attached hydrogens (tertiary/aromatic N) is 1. The number of nitrogens with one attached hydrogen (secondary N) is 1. The van der Waals surface area contributed by atoms with Crippen LogP contribution in [-0.2, 0) is 5.92 Å². The largest absolute Gasteiger partial charge is 0.315 e. The molecule has 1 atom stereocenters. The van der Waals surface area contributed by atoms with Gasteiger partial charge in [0, 0.05) is 18.2 Å². The van der Waals surface area contributed by atoms with E-state index in [1.165, 1.54) is 12.1 Å². The second-order valence-corrected chi connectivity index (χ2v) is 5.50. The number of hydrogen-bond donors (Lipinski definition) is 1. The Labute approximate surface area is 120 Å². The molecule has 20 heavy (non-hydrogen) atoms. The van der Waals surface area contributed by atoms with Gasteiger partial charge in [-0.2, -0.15) is 8.78 Å². The van der Waals surface area contributed by atoms with E-state index < -0.39 is 5.92 Å². The van der Waals surface area contributed by atoms with Crippen molar-refractivity contribution in [1.82, 2.24) is 10.2 Å². The van der Waals surface area contributed by atoms with Crippen molar-refractivity contribution in [2.75, 3.05) is 26.2 Å². The van der Waals surface area contributed by atoms with Crippen molar-refractivity contribution in [3.8, 4) is 0 Å². The van der Waals surface area contributed by atoms with Gasteiger partial charge in [-0.3, -0.25) is 4.90 Å². The fraction of sp³-hybridized carbons (Fsp3) is 0.625. The Morgan fingerprint density at radius 1 is 1.25 bits per heavy atom. The molecule has 0 spiro atoms. The summed E-state index contributed by atoms with van der Waals surface area (Å²) in [4.78, 5) is 1.96. The van der Waals surface area contributed by atoms with Crippen molar-refractivity contribution in [3.63, 3.8) is 0 Å². The topological polar surface area (TPSA) is 15.3 Å². The Balaban J connectivity index is 2.02. The van der Waals surface area contributed by atoms with Crippen LogP contribution in [0.25, 0.3) is 0 Å². The smallest absolute Gasteiger partial charge is 0.285 e. The Bertz CT molecular complexity index is 395. The average Bonchev–Trinajstić information content (AvgIpc) is 2.47. The average molecular weight is 282 g/mol. The number of likely N-dealkylation sites (tertiary alicyclic amines) is 1. The van der Waals surface area contributed by atoms with Crippen molar-refractivity contribution in [2.24, 2.45) is 0 Å². The molecule has 1 aliphatic heterocycles. The van der Waals surface area contributed by atoms with E-state index in [9.17, 15) is 8.78 Å². The lowest BCUT2D eigenvalue weighted by molar-refractivity contribution is -0.0540. The zero-order valence-corrected chi connectivity index (χ0v) is 12.1. The van der Waals surface area contributed by atoms with Gasteiger partial charge >= 0.3 is 0 Å². The number of likely N-dealkylation sites (N-methyl/N-ethyl adjacent to an activating group) is 1. The molecule has 1 unspecified atom stereocenters. The summed E-state index contributed by atoms with van der Waals surface area (Å²) >= 11 is 0. The summed E-state index contributed by atoms with van der Waals surface area (Å²) in [6.45, 7) is 4.35. The fourth-order valence-corrected chi connectivity index (χ4v) is 2.84. The summed E-state index contributed by atoms with van der Waals surface area (Å²) in [5.74, 6) is -2.77. The lowest BCUT2D eigenvalue weighted by Gasteiger charge is -2.38. The van der Waals surface area contributed by atoms with Gasteiger partial charge in [0.05, 0.1) is 6.54 Å². The third-order valence-corrected chi connectivity index (χ3v) is 3.98. The predicted molar refractivity (Wildman–Crippen MR) is 78.1 cm³/mol. The maximum Gasteiger partial charge on any atom is 0.285 e. The number of benzene rings is 1. The molecule has 1 aromatic rings. The quantitative estimate of drug-likeness (QED) is 0.861. The first-order valence-electron chi connectivity index (χ1n) is 7.51. The fourth-order valence-electron chi connectivity index (χ4n) is 2.84. The lowest BCUT2D eigenvalue weighted by Crippen LogP contribution is -2.49. The van der Waals surface area contributed by atoms with E-state index in [1.54, 1.807) is 18.2 Å². The third-order valence-electron chi connectivity index (χ3n) is 3.98. The molecule has 2 rings (SSSR count). The molecule has 1 aromatic carbocycles. The maximum absolute atomic E-state index is 14.4. The molecular weight excluding hydrogens is 258 g/mol. The van der Waals surface area contributed by atoms with E-state index in [2.05, 4.69) is 5.32 Å². The minimum Gasteiger partial charge on any atom is -0.315 e. The molecule has 0 aliphatic carbocycles. The van der Waals surface area contributed by atoms with Crippen LogP contribution in [0.1, 0.15) is 31.7 Å². The van der Waals surface area contributed by atoms with E-state index in [0.717, 1.165) is 38.9 Å². The van der Waals surface area contributed by atoms with Crippen molar-refractivity contribution in [3.05, 3.63) is 35.9 Å². The maximum atomic E-state index is 14.4. The van der Waals surface area contributed by atoms with Gasteiger partial charge in [-0.15, -0.1) is 0 Å². The SMILES string of the molecule is CCNCC1CCCCN1CC(F)(F)c1ccccc1. The molecule has 1 saturated heterocycles. The second kappa shape index (κ2) is 7.14. The molecule has 0 radical (unpaired) electrons. The molecule has 0 amide bonds. The first-order valence-corrected chi connectivity index (χ1v) is 7.51. The molecular formula is C16H24F2N2. The number of alkyl halides is 2. The van der Waals surface area contributed by atoms with Gasteiger partial charge in [0.1, 0.15) is 0 Å². The summed E-state index contributed by atoms with van der Waals surface area (Å²) < 4.78 is 28.7. The number of piperidine rings is 1. The van der Waals surface area contributed by atoms with Gasteiger partial charge in [0.15, 0.2) is 0 Å². The van der Waals surface area contributed by atoms with E-state index in [4.69, 9.17) is 0 Å². The summed E-state index contributed by atoms with van der Waals surface area (Å²) in [6.07, 6.45) is 3.18. The van der Waals surface area contributed by atoms with E-state index >= 15 is 0 Å². The van der Waals surface area contributed by atoms with E-state index in [0.29, 0.717) is 0 Å². The van der Waals surface area contributed by atoms with Gasteiger partial charge < -0.3 is 5.32 Å². The zero-order valence-electron chi connectivity index (χ0n) is 12.1. The van der Waals surface area contributed by atoms with Crippen LogP contribution in [-0.4, -0.2) is 37.1 Å². The zero-order chi connectivity index (χ0) is 14.4. The summed E-state index contributed by atoms with van der Waals surface area (Å²) in [5, 5.41) is 3.29. The monoisotopic (exact) mass is 282 g/mol. The first kappa shape index (κ1) is 15.4. The molecule has 4 heteroatoms. The van der Waals surface area contributed by atoms with E-state index in [-0.39, 0.29) is 18.2 Å². The summed E-state index contributed by atoms with van der Waals surface area (Å²) in [7, 11) is 0. The van der Waals surface area contributed by atoms with Gasteiger partial charge in [-0.1, -0.05) is 43.7 Å². The van der Waals surface area contributed by atoms with Crippen LogP contribution >= 0.6 is 0 Å². The molecule has 2 nitrogen and oxygen atoms in total. The van der Waals surface area contributed by atoms with Crippen LogP contribution in [0.4, 0.5) is 8.78 Å². The van der Waals surface area contributed by atoms with Crippen molar-refractivity contribution in [1.29, 1.82) is 0 Å². The normalized spacial score (nSPS) is 21.1. The minimum atomic E-state index is -2.77. The Hall–Kier alpha value is -1.00. The molecule has 0 bridgehead atoms. The highest BCUT2D eigenvalue weighted by molar-refractivity contribution is 5.20. The number of rotatable bonds is 6. The molecule has 0 aromatic heterocycles. The molecule has 1 aliphatic rings. The number of hydrogen-bond acceptors (Lipinski definition) is 2. The van der Waals surface area contributed by atoms with Crippen LogP contribution in [0.3, 0.4) is 0 Å². The summed E-state index contributed by atoms with van der Waals surface area (Å²) in [6, 6.07) is 8.39. The highest BCUT2D eigenvalue weighted by Gasteiger charge is 2.36. The van der Waals surface area contributed by atoms with Crippen LogP contribution in [0.15, 0.2) is 30.3 Å². The molecule has 1 N–H and O–H groups in total. The van der Waals surface area contributed by atoms with Gasteiger partial charge in [-0.05, 0) is 25.9 Å². The van der Waals surface area contributed by atoms with Gasteiger partial charge in [-0.25, -0.2) is 0 Å². The standard InChI is InChI=1S/C16H24F2N2/c1-2-19-12-15-10-6-7-11-20(15)13-16(17,18)14-8-4-3-5-9-14/h3-5,8-9,15,19H,2,6-7,10-13H2,1H3. The molecule has 0 saturated carbocycles. The predicted octanol–water partition coefficient (Wildman–Crippen LogP) is 3.24. The lowest BCUT2D eigenvalue weighted by atomic mass is 10.00. The van der Waals surface area contributed by atoms with Gasteiger partial charge in [0.2, 0.25) is 0 Å². The summed E-state index contributed by atoms with van der Waals surface area (Å²) in [5.41, 5.74) is 0.118. The van der Waals surface area contributed by atoms with Crippen LogP contribution < -0.4 is 5.32 Å². The van der Waals surface area contributed by atoms with Crippen molar-refractivity contribution < 1.29 is 8.78 Å². The van der Waals surface area contributed by atoms with Crippen LogP contribution in [0.2, 0.25) is 0 Å². The van der Waals surface area contributed by atoms with E-state index in [1.807, 2.05) is 11.8 Å². The Morgan fingerprint density at radius 2 is 2.00 bits per heavy atom. The highest BCUT2D eigenvalue weighted by Crippen LogP contribution is 2.31. The molecule has 1 heterocycles. The third kappa shape index (κ3) is 4.00. The van der Waals surface area contributed by atoms with Crippen molar-refractivity contribution >= 4 is 0 Å². The van der Waals surface area contributed by atoms with Crippen LogP contribution in [0, 0.1) is 0 Å². The molecule has 112 valence electrons. The second-order valence-electron chi connectivity index (χ2n) is 5.50. The number of halogens is 2. The van der Waals surface area contributed by atoms with Gasteiger partial charge in [0.25, 0.3) is 5.92 Å². The molecule has 1 fully saturated rings. The Kier molecular flexibility index (Phi) is 5.49. The first-order chi connectivity index (χ1) is 9.63. The minimum absolute atomic E-state index is 0.118. The van der Waals surface area contributed by atoms with Crippen LogP contribution in [0.5, 0.6) is 0 Å². The Morgan fingerprint density at radius 3 is 2.70 bits per heavy atom.